The first kappa shape index (κ1) is 20.9. The van der Waals surface area contributed by atoms with Crippen molar-refractivity contribution >= 4 is 15.7 Å². The first-order valence-electron chi connectivity index (χ1n) is 10.2. The maximum absolute atomic E-state index is 13.4. The van der Waals surface area contributed by atoms with Crippen LogP contribution in [0.3, 0.4) is 0 Å². The Bertz CT molecular complexity index is 1090. The molecule has 5 nitrogen and oxygen atoms in total. The summed E-state index contributed by atoms with van der Waals surface area (Å²) in [5, 5.41) is 13.3. The number of anilines is 1. The first-order chi connectivity index (χ1) is 14.5. The van der Waals surface area contributed by atoms with E-state index in [9.17, 15) is 17.9 Å². The molecule has 2 N–H and O–H groups in total. The maximum atomic E-state index is 13.4. The van der Waals surface area contributed by atoms with Gasteiger partial charge >= 0.3 is 0 Å². The van der Waals surface area contributed by atoms with Crippen LogP contribution in [0.4, 0.5) is 10.1 Å². The molecule has 1 saturated heterocycles. The van der Waals surface area contributed by atoms with Crippen LogP contribution in [0.2, 0.25) is 0 Å². The molecular formula is C23H25FN2O3S. The Labute approximate surface area is 177 Å². The summed E-state index contributed by atoms with van der Waals surface area (Å²) in [5.41, 5.74) is 2.53. The third kappa shape index (κ3) is 3.71. The van der Waals surface area contributed by atoms with Crippen molar-refractivity contribution in [2.24, 2.45) is 5.92 Å². The van der Waals surface area contributed by atoms with Gasteiger partial charge < -0.3 is 10.4 Å². The minimum atomic E-state index is -3.81. The fourth-order valence-electron chi connectivity index (χ4n) is 4.40. The number of unbranched alkanes of at least 4 members (excludes halogenated alkanes) is 1. The van der Waals surface area contributed by atoms with Crippen LogP contribution in [0.5, 0.6) is 0 Å². The maximum Gasteiger partial charge on any atom is 0.243 e. The number of rotatable bonds is 4. The van der Waals surface area contributed by atoms with Crippen LogP contribution in [0.15, 0.2) is 47.4 Å². The average Bonchev–Trinajstić information content (AvgIpc) is 3.20. The molecule has 0 radical (unpaired) electrons. The lowest BCUT2D eigenvalue weighted by atomic mass is 9.83. The summed E-state index contributed by atoms with van der Waals surface area (Å²) >= 11 is 0. The number of halogens is 1. The summed E-state index contributed by atoms with van der Waals surface area (Å²) < 4.78 is 41.6. The van der Waals surface area contributed by atoms with Crippen molar-refractivity contribution < 1.29 is 17.9 Å². The Balaban J connectivity index is 1.77. The molecule has 3 atom stereocenters. The van der Waals surface area contributed by atoms with Gasteiger partial charge in [0, 0.05) is 30.1 Å². The van der Waals surface area contributed by atoms with Crippen molar-refractivity contribution in [3.05, 3.63) is 59.4 Å². The number of hydrogen-bond acceptors (Lipinski definition) is 4. The molecule has 0 spiro atoms. The lowest BCUT2D eigenvalue weighted by molar-refractivity contribution is 0.210. The second-order valence-corrected chi connectivity index (χ2v) is 9.64. The highest BCUT2D eigenvalue weighted by Gasteiger charge is 2.48. The molecule has 30 heavy (non-hydrogen) atoms. The van der Waals surface area contributed by atoms with Crippen LogP contribution < -0.4 is 5.32 Å². The molecule has 1 fully saturated rings. The fraction of sp³-hybridized carbons (Fsp3) is 0.391. The number of hydrogen-bond donors (Lipinski definition) is 2. The van der Waals surface area contributed by atoms with E-state index in [-0.39, 0.29) is 23.5 Å². The number of aliphatic hydroxyl groups excluding tert-OH is 1. The molecular weight excluding hydrogens is 403 g/mol. The molecule has 2 aliphatic rings. The van der Waals surface area contributed by atoms with E-state index in [4.69, 9.17) is 0 Å². The van der Waals surface area contributed by atoms with Crippen LogP contribution in [-0.4, -0.2) is 37.0 Å². The summed E-state index contributed by atoms with van der Waals surface area (Å²) in [6, 6.07) is 10.1. The number of nitrogens with zero attached hydrogens (tertiary/aromatic N) is 1. The first-order valence-corrected chi connectivity index (χ1v) is 11.7. The number of aliphatic hydroxyl groups is 1. The average molecular weight is 429 g/mol. The van der Waals surface area contributed by atoms with E-state index in [0.29, 0.717) is 13.0 Å². The van der Waals surface area contributed by atoms with Crippen LogP contribution in [0, 0.1) is 23.6 Å². The molecule has 4 rings (SSSR count). The molecule has 0 aromatic heterocycles. The van der Waals surface area contributed by atoms with E-state index in [1.165, 1.54) is 16.4 Å². The minimum absolute atomic E-state index is 0.0587. The summed E-state index contributed by atoms with van der Waals surface area (Å²) in [5.74, 6) is 5.75. The summed E-state index contributed by atoms with van der Waals surface area (Å²) in [4.78, 5) is 0.0732. The Hall–Kier alpha value is -2.40. The lowest BCUT2D eigenvalue weighted by Crippen LogP contribution is -2.42. The second kappa shape index (κ2) is 8.38. The monoisotopic (exact) mass is 428 g/mol. The van der Waals surface area contributed by atoms with Gasteiger partial charge in [-0.3, -0.25) is 0 Å². The lowest BCUT2D eigenvalue weighted by Gasteiger charge is -2.38. The Kier molecular flexibility index (Phi) is 5.83. The molecule has 0 amide bonds. The highest BCUT2D eigenvalue weighted by molar-refractivity contribution is 7.89. The van der Waals surface area contributed by atoms with Crippen molar-refractivity contribution in [1.29, 1.82) is 0 Å². The van der Waals surface area contributed by atoms with E-state index >= 15 is 0 Å². The molecule has 0 saturated carbocycles. The molecule has 0 bridgehead atoms. The van der Waals surface area contributed by atoms with Gasteiger partial charge in [-0.15, -0.1) is 0 Å². The third-order valence-electron chi connectivity index (χ3n) is 5.85. The molecule has 2 aromatic rings. The third-order valence-corrected chi connectivity index (χ3v) is 7.75. The van der Waals surface area contributed by atoms with Gasteiger partial charge in [-0.25, -0.2) is 12.8 Å². The number of nitrogens with one attached hydrogen (secondary N) is 1. The van der Waals surface area contributed by atoms with E-state index in [1.54, 1.807) is 0 Å². The molecule has 2 aromatic carbocycles. The highest BCUT2D eigenvalue weighted by Crippen LogP contribution is 2.48. The van der Waals surface area contributed by atoms with Gasteiger partial charge in [0.15, 0.2) is 0 Å². The van der Waals surface area contributed by atoms with Gasteiger partial charge in [0.1, 0.15) is 5.82 Å². The SMILES string of the molecule is CCCC#Cc1ccc2c(c1)[C@@H]1[C@@H](CCN1S(=O)(=O)c1ccc(F)cc1)[C@H](CO)N2. The van der Waals surface area contributed by atoms with E-state index in [0.717, 1.165) is 41.8 Å². The zero-order valence-corrected chi connectivity index (χ0v) is 17.6. The van der Waals surface area contributed by atoms with Gasteiger partial charge in [0.25, 0.3) is 0 Å². The van der Waals surface area contributed by atoms with Gasteiger partial charge in [-0.2, -0.15) is 4.31 Å². The summed E-state index contributed by atoms with van der Waals surface area (Å²) in [6.45, 7) is 2.34. The minimum Gasteiger partial charge on any atom is -0.394 e. The van der Waals surface area contributed by atoms with Crippen molar-refractivity contribution in [3.63, 3.8) is 0 Å². The van der Waals surface area contributed by atoms with Crippen molar-refractivity contribution in [2.75, 3.05) is 18.5 Å². The standard InChI is InChI=1S/C23H25FN2O3S/c1-2-3-4-5-16-6-11-21-20(14-16)23-19(22(15-27)25-21)12-13-26(23)30(28,29)18-9-7-17(24)8-10-18/h6-11,14,19,22-23,25,27H,2-3,12-13,15H2,1H3/t19-,22-,23-/m0/s1. The predicted molar refractivity (Wildman–Crippen MR) is 114 cm³/mol. The highest BCUT2D eigenvalue weighted by atomic mass is 32.2. The zero-order chi connectivity index (χ0) is 21.3. The van der Waals surface area contributed by atoms with Crippen LogP contribution in [0.1, 0.15) is 43.4 Å². The van der Waals surface area contributed by atoms with E-state index in [1.807, 2.05) is 18.2 Å². The van der Waals surface area contributed by atoms with Gasteiger partial charge in [-0.05, 0) is 60.9 Å². The van der Waals surface area contributed by atoms with E-state index in [2.05, 4.69) is 24.1 Å². The van der Waals surface area contributed by atoms with Crippen LogP contribution >= 0.6 is 0 Å². The molecule has 7 heteroatoms. The molecule has 0 aliphatic carbocycles. The molecule has 2 aliphatic heterocycles. The Morgan fingerprint density at radius 3 is 2.70 bits per heavy atom. The molecule has 158 valence electrons. The fourth-order valence-corrected chi connectivity index (χ4v) is 6.06. The van der Waals surface area contributed by atoms with Crippen LogP contribution in [-0.2, 0) is 10.0 Å². The van der Waals surface area contributed by atoms with Gasteiger partial charge in [0.2, 0.25) is 10.0 Å². The number of fused-ring (bicyclic) bond motifs is 3. The molecule has 0 unspecified atom stereocenters. The normalized spacial score (nSPS) is 23.1. The second-order valence-electron chi connectivity index (χ2n) is 7.75. The van der Waals surface area contributed by atoms with Gasteiger partial charge in [0.05, 0.1) is 23.6 Å². The Morgan fingerprint density at radius 2 is 2.00 bits per heavy atom. The molecule has 2 heterocycles. The predicted octanol–water partition coefficient (Wildman–Crippen LogP) is 3.52. The van der Waals surface area contributed by atoms with Crippen molar-refractivity contribution in [2.45, 2.75) is 43.2 Å². The van der Waals surface area contributed by atoms with E-state index < -0.39 is 21.9 Å². The van der Waals surface area contributed by atoms with Crippen molar-refractivity contribution in [3.8, 4) is 11.8 Å². The van der Waals surface area contributed by atoms with Gasteiger partial charge in [-0.1, -0.05) is 18.8 Å². The van der Waals surface area contributed by atoms with Crippen LogP contribution in [0.25, 0.3) is 0 Å². The smallest absolute Gasteiger partial charge is 0.243 e. The quantitative estimate of drug-likeness (QED) is 0.732. The Morgan fingerprint density at radius 1 is 1.23 bits per heavy atom. The topological polar surface area (TPSA) is 69.6 Å². The number of sulfonamides is 1. The summed E-state index contributed by atoms with van der Waals surface area (Å²) in [6.07, 6.45) is 2.42. The van der Waals surface area contributed by atoms with Crippen molar-refractivity contribution in [1.82, 2.24) is 4.31 Å². The largest absolute Gasteiger partial charge is 0.394 e. The number of benzene rings is 2. The summed E-state index contributed by atoms with van der Waals surface area (Å²) in [7, 11) is -3.81. The zero-order valence-electron chi connectivity index (χ0n) is 16.8.